The zero-order valence-corrected chi connectivity index (χ0v) is 6.05. The SMILES string of the molecule is C=CC[C@@H]1CC(=O)[C@H]2C[C@@H]12. The van der Waals surface area contributed by atoms with Crippen molar-refractivity contribution in [3.8, 4) is 0 Å². The van der Waals surface area contributed by atoms with Gasteiger partial charge in [-0.25, -0.2) is 0 Å². The number of Topliss-reactive ketones (excluding diaryl/α,β-unsaturated/α-hetero) is 1. The van der Waals surface area contributed by atoms with E-state index in [4.69, 9.17) is 0 Å². The van der Waals surface area contributed by atoms with Crippen molar-refractivity contribution in [2.24, 2.45) is 17.8 Å². The van der Waals surface area contributed by atoms with Crippen LogP contribution in [0.1, 0.15) is 19.3 Å². The topological polar surface area (TPSA) is 17.1 Å². The fourth-order valence-electron chi connectivity index (χ4n) is 2.14. The number of rotatable bonds is 2. The third kappa shape index (κ3) is 0.731. The monoisotopic (exact) mass is 136 g/mol. The van der Waals surface area contributed by atoms with Crippen molar-refractivity contribution in [3.05, 3.63) is 12.7 Å². The van der Waals surface area contributed by atoms with Crippen LogP contribution in [0.5, 0.6) is 0 Å². The van der Waals surface area contributed by atoms with Crippen LogP contribution in [0.3, 0.4) is 0 Å². The first-order chi connectivity index (χ1) is 4.83. The Morgan fingerprint density at radius 3 is 2.90 bits per heavy atom. The Morgan fingerprint density at radius 2 is 2.50 bits per heavy atom. The average molecular weight is 136 g/mol. The normalized spacial score (nSPS) is 43.2. The Bertz CT molecular complexity index is 183. The molecule has 0 saturated heterocycles. The van der Waals surface area contributed by atoms with Crippen LogP contribution < -0.4 is 0 Å². The molecule has 0 aromatic rings. The molecule has 0 bridgehead atoms. The van der Waals surface area contributed by atoms with Crippen LogP contribution in [0.25, 0.3) is 0 Å². The summed E-state index contributed by atoms with van der Waals surface area (Å²) in [6.45, 7) is 3.69. The van der Waals surface area contributed by atoms with Gasteiger partial charge in [0.1, 0.15) is 5.78 Å². The minimum absolute atomic E-state index is 0.477. The Kier molecular flexibility index (Phi) is 1.19. The highest BCUT2D eigenvalue weighted by Crippen LogP contribution is 2.54. The van der Waals surface area contributed by atoms with Crippen LogP contribution in [-0.4, -0.2) is 5.78 Å². The molecule has 2 aliphatic carbocycles. The van der Waals surface area contributed by atoms with E-state index in [2.05, 4.69) is 6.58 Å². The van der Waals surface area contributed by atoms with E-state index in [0.717, 1.165) is 18.8 Å². The van der Waals surface area contributed by atoms with Gasteiger partial charge in [-0.15, -0.1) is 6.58 Å². The smallest absolute Gasteiger partial charge is 0.136 e. The first-order valence-electron chi connectivity index (χ1n) is 3.96. The van der Waals surface area contributed by atoms with Crippen molar-refractivity contribution in [2.45, 2.75) is 19.3 Å². The van der Waals surface area contributed by atoms with Gasteiger partial charge in [0.05, 0.1) is 0 Å². The molecule has 0 radical (unpaired) electrons. The molecule has 1 heteroatoms. The zero-order valence-electron chi connectivity index (χ0n) is 6.05. The van der Waals surface area contributed by atoms with Gasteiger partial charge in [0.15, 0.2) is 0 Å². The summed E-state index contributed by atoms with van der Waals surface area (Å²) in [5, 5.41) is 0. The fraction of sp³-hybridized carbons (Fsp3) is 0.667. The van der Waals surface area contributed by atoms with Gasteiger partial charge in [0.25, 0.3) is 0 Å². The minimum atomic E-state index is 0.477. The Labute approximate surface area is 61.1 Å². The molecule has 2 rings (SSSR count). The van der Waals surface area contributed by atoms with Crippen molar-refractivity contribution in [1.82, 2.24) is 0 Å². The molecule has 54 valence electrons. The van der Waals surface area contributed by atoms with Crippen molar-refractivity contribution < 1.29 is 4.79 Å². The number of hydrogen-bond acceptors (Lipinski definition) is 1. The van der Waals surface area contributed by atoms with Gasteiger partial charge in [-0.05, 0) is 24.7 Å². The van der Waals surface area contributed by atoms with Crippen LogP contribution in [0.4, 0.5) is 0 Å². The van der Waals surface area contributed by atoms with Gasteiger partial charge in [-0.2, -0.15) is 0 Å². The second-order valence-electron chi connectivity index (χ2n) is 3.46. The average Bonchev–Trinajstić information content (AvgIpc) is 2.59. The largest absolute Gasteiger partial charge is 0.299 e. The molecule has 0 aliphatic heterocycles. The number of allylic oxidation sites excluding steroid dienone is 1. The van der Waals surface area contributed by atoms with Crippen LogP contribution in [0, 0.1) is 17.8 Å². The molecular weight excluding hydrogens is 124 g/mol. The number of fused-ring (bicyclic) bond motifs is 1. The Balaban J connectivity index is 2.01. The van der Waals surface area contributed by atoms with E-state index < -0.39 is 0 Å². The lowest BCUT2D eigenvalue weighted by molar-refractivity contribution is -0.119. The fourth-order valence-corrected chi connectivity index (χ4v) is 2.14. The van der Waals surface area contributed by atoms with Gasteiger partial charge in [-0.1, -0.05) is 6.08 Å². The molecule has 0 spiro atoms. The molecule has 0 aromatic carbocycles. The van der Waals surface area contributed by atoms with Gasteiger partial charge in [-0.3, -0.25) is 4.79 Å². The summed E-state index contributed by atoms with van der Waals surface area (Å²) in [4.78, 5) is 11.1. The minimum Gasteiger partial charge on any atom is -0.299 e. The van der Waals surface area contributed by atoms with E-state index in [1.165, 1.54) is 6.42 Å². The van der Waals surface area contributed by atoms with Crippen molar-refractivity contribution in [2.75, 3.05) is 0 Å². The van der Waals surface area contributed by atoms with E-state index in [9.17, 15) is 4.79 Å². The third-order valence-electron chi connectivity index (χ3n) is 2.79. The van der Waals surface area contributed by atoms with E-state index in [0.29, 0.717) is 17.6 Å². The first kappa shape index (κ1) is 6.14. The molecule has 2 fully saturated rings. The standard InChI is InChI=1S/C9H12O/c1-2-3-6-4-9(10)8-5-7(6)8/h2,6-8H,1,3-5H2/t6-,7+,8+/m1/s1. The van der Waals surface area contributed by atoms with E-state index in [1.807, 2.05) is 6.08 Å². The highest BCUT2D eigenvalue weighted by Gasteiger charge is 2.52. The van der Waals surface area contributed by atoms with Crippen LogP contribution in [-0.2, 0) is 4.79 Å². The van der Waals surface area contributed by atoms with E-state index >= 15 is 0 Å². The summed E-state index contributed by atoms with van der Waals surface area (Å²) in [5.41, 5.74) is 0. The Hall–Kier alpha value is -0.590. The molecule has 10 heavy (non-hydrogen) atoms. The lowest BCUT2D eigenvalue weighted by Crippen LogP contribution is -2.00. The number of carbonyl (C=O) groups excluding carboxylic acids is 1. The maximum absolute atomic E-state index is 11.1. The van der Waals surface area contributed by atoms with E-state index in [-0.39, 0.29) is 0 Å². The lowest BCUT2D eigenvalue weighted by Gasteiger charge is -2.04. The maximum Gasteiger partial charge on any atom is 0.136 e. The summed E-state index contributed by atoms with van der Waals surface area (Å²) < 4.78 is 0. The molecule has 0 N–H and O–H groups in total. The predicted molar refractivity (Wildman–Crippen MR) is 39.5 cm³/mol. The predicted octanol–water partition coefficient (Wildman–Crippen LogP) is 1.79. The number of carbonyl (C=O) groups is 1. The van der Waals surface area contributed by atoms with Crippen LogP contribution >= 0.6 is 0 Å². The van der Waals surface area contributed by atoms with Crippen molar-refractivity contribution in [1.29, 1.82) is 0 Å². The molecule has 0 heterocycles. The summed E-state index contributed by atoms with van der Waals surface area (Å²) in [5.74, 6) is 2.40. The first-order valence-corrected chi connectivity index (χ1v) is 3.96. The summed E-state index contributed by atoms with van der Waals surface area (Å²) in [7, 11) is 0. The number of ketones is 1. The third-order valence-corrected chi connectivity index (χ3v) is 2.79. The summed E-state index contributed by atoms with van der Waals surface area (Å²) in [6, 6.07) is 0. The maximum atomic E-state index is 11.1. The second kappa shape index (κ2) is 1.94. The molecule has 1 nitrogen and oxygen atoms in total. The summed E-state index contributed by atoms with van der Waals surface area (Å²) in [6.07, 6.45) is 5.00. The van der Waals surface area contributed by atoms with Gasteiger partial charge in [0, 0.05) is 12.3 Å². The molecule has 2 aliphatic rings. The van der Waals surface area contributed by atoms with Gasteiger partial charge in [0.2, 0.25) is 0 Å². The molecule has 0 amide bonds. The lowest BCUT2D eigenvalue weighted by atomic mass is 10.00. The molecule has 0 aromatic heterocycles. The second-order valence-corrected chi connectivity index (χ2v) is 3.46. The Morgan fingerprint density at radius 1 is 1.70 bits per heavy atom. The zero-order chi connectivity index (χ0) is 7.14. The quantitative estimate of drug-likeness (QED) is 0.529. The van der Waals surface area contributed by atoms with Gasteiger partial charge >= 0.3 is 0 Å². The molecule has 2 saturated carbocycles. The molecular formula is C9H12O. The molecule has 0 unspecified atom stereocenters. The van der Waals surface area contributed by atoms with Crippen molar-refractivity contribution >= 4 is 5.78 Å². The van der Waals surface area contributed by atoms with Crippen LogP contribution in [0.2, 0.25) is 0 Å². The van der Waals surface area contributed by atoms with E-state index in [1.54, 1.807) is 0 Å². The van der Waals surface area contributed by atoms with Crippen LogP contribution in [0.15, 0.2) is 12.7 Å². The number of hydrogen-bond donors (Lipinski definition) is 0. The van der Waals surface area contributed by atoms with Gasteiger partial charge < -0.3 is 0 Å². The molecule has 3 atom stereocenters. The highest BCUT2D eigenvalue weighted by atomic mass is 16.1. The highest BCUT2D eigenvalue weighted by molar-refractivity contribution is 5.86. The summed E-state index contributed by atoms with van der Waals surface area (Å²) >= 11 is 0. The van der Waals surface area contributed by atoms with Crippen molar-refractivity contribution in [3.63, 3.8) is 0 Å².